The molecule has 110 valence electrons. The number of carbonyl (C=O) groups excluding carboxylic acids is 1. The summed E-state index contributed by atoms with van der Waals surface area (Å²) in [4.78, 5) is 13.1. The molecule has 0 heterocycles. The summed E-state index contributed by atoms with van der Waals surface area (Å²) < 4.78 is 1.09. The molecule has 1 aromatic carbocycles. The topological polar surface area (TPSA) is 55.1 Å². The highest BCUT2D eigenvalue weighted by atomic mass is 79.9. The van der Waals surface area contributed by atoms with Crippen LogP contribution in [0.4, 0.5) is 0 Å². The largest absolute Gasteiger partial charge is 0.352 e. The number of thioether (sulfide) groups is 1. The van der Waals surface area contributed by atoms with Crippen LogP contribution in [-0.4, -0.2) is 24.2 Å². The monoisotopic (exact) mass is 356 g/mol. The third kappa shape index (κ3) is 5.46. The van der Waals surface area contributed by atoms with Crippen LogP contribution in [0, 0.1) is 5.92 Å². The summed E-state index contributed by atoms with van der Waals surface area (Å²) in [6, 6.07) is 8.45. The molecule has 20 heavy (non-hydrogen) atoms. The number of carbonyl (C=O) groups is 1. The smallest absolute Gasteiger partial charge is 0.220 e. The van der Waals surface area contributed by atoms with Crippen LogP contribution < -0.4 is 11.1 Å². The Kier molecular flexibility index (Phi) is 6.39. The maximum absolute atomic E-state index is 11.8. The summed E-state index contributed by atoms with van der Waals surface area (Å²) in [5, 5.41) is 3.06. The Morgan fingerprint density at radius 2 is 2.10 bits per heavy atom. The van der Waals surface area contributed by atoms with Crippen molar-refractivity contribution in [2.75, 3.05) is 12.3 Å². The molecule has 1 saturated carbocycles. The Balaban J connectivity index is 1.60. The van der Waals surface area contributed by atoms with Gasteiger partial charge in [0.25, 0.3) is 0 Å². The van der Waals surface area contributed by atoms with Crippen LogP contribution in [0.3, 0.4) is 0 Å². The Bertz CT molecular complexity index is 434. The van der Waals surface area contributed by atoms with Gasteiger partial charge in [0.05, 0.1) is 0 Å². The highest BCUT2D eigenvalue weighted by Gasteiger charge is 2.30. The van der Waals surface area contributed by atoms with E-state index < -0.39 is 0 Å². The van der Waals surface area contributed by atoms with Crippen molar-refractivity contribution in [3.8, 4) is 0 Å². The summed E-state index contributed by atoms with van der Waals surface area (Å²) in [6.45, 7) is 0.560. The first-order valence-electron chi connectivity index (χ1n) is 7.07. The number of amides is 1. The van der Waals surface area contributed by atoms with E-state index in [0.717, 1.165) is 16.6 Å². The highest BCUT2D eigenvalue weighted by Crippen LogP contribution is 2.32. The molecule has 1 amide bonds. The highest BCUT2D eigenvalue weighted by molar-refractivity contribution is 9.10. The predicted molar refractivity (Wildman–Crippen MR) is 87.8 cm³/mol. The van der Waals surface area contributed by atoms with Gasteiger partial charge in [-0.15, -0.1) is 11.8 Å². The van der Waals surface area contributed by atoms with Gasteiger partial charge in [0.1, 0.15) is 0 Å². The Morgan fingerprint density at radius 3 is 2.70 bits per heavy atom. The van der Waals surface area contributed by atoms with Crippen LogP contribution in [0.25, 0.3) is 0 Å². The van der Waals surface area contributed by atoms with E-state index in [4.69, 9.17) is 5.73 Å². The van der Waals surface area contributed by atoms with Gasteiger partial charge in [-0.3, -0.25) is 4.79 Å². The molecule has 0 aliphatic heterocycles. The van der Waals surface area contributed by atoms with Gasteiger partial charge >= 0.3 is 0 Å². The molecule has 0 spiro atoms. The fourth-order valence-electron chi connectivity index (χ4n) is 2.10. The molecule has 0 bridgehead atoms. The zero-order chi connectivity index (χ0) is 14.4. The molecular formula is C15H21BrN2OS. The van der Waals surface area contributed by atoms with Crippen molar-refractivity contribution in [2.45, 2.75) is 36.6 Å². The molecule has 1 unspecified atom stereocenters. The number of rotatable bonds is 8. The molecule has 1 aliphatic rings. The molecule has 3 N–H and O–H groups in total. The van der Waals surface area contributed by atoms with Crippen LogP contribution in [0.15, 0.2) is 33.6 Å². The molecule has 1 fully saturated rings. The second-order valence-corrected chi connectivity index (χ2v) is 7.24. The van der Waals surface area contributed by atoms with E-state index >= 15 is 0 Å². The zero-order valence-corrected chi connectivity index (χ0v) is 13.9. The zero-order valence-electron chi connectivity index (χ0n) is 11.5. The maximum atomic E-state index is 11.8. The Morgan fingerprint density at radius 1 is 1.40 bits per heavy atom. The Hall–Kier alpha value is -0.520. The summed E-state index contributed by atoms with van der Waals surface area (Å²) in [5.74, 6) is 1.73. The van der Waals surface area contributed by atoms with Gasteiger partial charge in [-0.1, -0.05) is 15.9 Å². The number of halogens is 1. The Labute approximate surface area is 133 Å². The van der Waals surface area contributed by atoms with Crippen molar-refractivity contribution in [2.24, 2.45) is 11.7 Å². The molecule has 1 atom stereocenters. The normalized spacial score (nSPS) is 15.9. The van der Waals surface area contributed by atoms with Crippen molar-refractivity contribution in [3.63, 3.8) is 0 Å². The molecular weight excluding hydrogens is 336 g/mol. The van der Waals surface area contributed by atoms with Crippen LogP contribution in [0.1, 0.15) is 25.7 Å². The first-order chi connectivity index (χ1) is 9.69. The summed E-state index contributed by atoms with van der Waals surface area (Å²) >= 11 is 5.21. The second-order valence-electron chi connectivity index (χ2n) is 5.15. The van der Waals surface area contributed by atoms with Crippen molar-refractivity contribution >= 4 is 33.6 Å². The summed E-state index contributed by atoms with van der Waals surface area (Å²) in [5.41, 5.74) is 5.68. The van der Waals surface area contributed by atoms with Crippen molar-refractivity contribution in [3.05, 3.63) is 28.7 Å². The fraction of sp³-hybridized carbons (Fsp3) is 0.533. The minimum atomic E-state index is 0.142. The summed E-state index contributed by atoms with van der Waals surface area (Å²) in [7, 11) is 0. The molecule has 0 saturated heterocycles. The lowest BCUT2D eigenvalue weighted by molar-refractivity contribution is -0.121. The van der Waals surface area contributed by atoms with Gasteiger partial charge in [-0.25, -0.2) is 0 Å². The van der Waals surface area contributed by atoms with E-state index in [9.17, 15) is 4.79 Å². The van der Waals surface area contributed by atoms with Gasteiger partial charge < -0.3 is 11.1 Å². The quantitative estimate of drug-likeness (QED) is 0.555. The van der Waals surface area contributed by atoms with E-state index in [1.54, 1.807) is 11.8 Å². The van der Waals surface area contributed by atoms with Crippen LogP contribution in [-0.2, 0) is 4.79 Å². The summed E-state index contributed by atoms with van der Waals surface area (Å²) in [6.07, 6.45) is 3.91. The number of nitrogens with two attached hydrogens (primary N) is 1. The molecule has 1 aromatic rings. The molecule has 0 radical (unpaired) electrons. The van der Waals surface area contributed by atoms with E-state index in [1.807, 2.05) is 12.1 Å². The van der Waals surface area contributed by atoms with Gasteiger partial charge in [0, 0.05) is 28.4 Å². The molecule has 1 aliphatic carbocycles. The third-order valence-corrected chi connectivity index (χ3v) is 5.05. The second kappa shape index (κ2) is 8.05. The molecule has 2 rings (SSSR count). The number of hydrogen-bond donors (Lipinski definition) is 2. The third-order valence-electron chi connectivity index (χ3n) is 3.42. The van der Waals surface area contributed by atoms with Crippen molar-refractivity contribution < 1.29 is 4.79 Å². The number of nitrogens with one attached hydrogen (secondary N) is 1. The van der Waals surface area contributed by atoms with Crippen LogP contribution in [0.5, 0.6) is 0 Å². The van der Waals surface area contributed by atoms with E-state index in [1.165, 1.54) is 17.7 Å². The first-order valence-corrected chi connectivity index (χ1v) is 8.84. The fourth-order valence-corrected chi connectivity index (χ4v) is 3.22. The van der Waals surface area contributed by atoms with Gasteiger partial charge in [-0.2, -0.15) is 0 Å². The molecule has 0 aromatic heterocycles. The minimum Gasteiger partial charge on any atom is -0.352 e. The average molecular weight is 357 g/mol. The van der Waals surface area contributed by atoms with Crippen molar-refractivity contribution in [1.82, 2.24) is 5.32 Å². The standard InChI is InChI=1S/C15H21BrN2OS/c16-12-5-7-13(8-6-12)20-9-1-2-15(19)18-14(10-17)11-3-4-11/h5-8,11,14H,1-4,9-10,17H2,(H,18,19). The van der Waals surface area contributed by atoms with Crippen molar-refractivity contribution in [1.29, 1.82) is 0 Å². The van der Waals surface area contributed by atoms with Gasteiger partial charge in [-0.05, 0) is 55.2 Å². The lowest BCUT2D eigenvalue weighted by atomic mass is 10.2. The van der Waals surface area contributed by atoms with Crippen LogP contribution >= 0.6 is 27.7 Å². The van der Waals surface area contributed by atoms with E-state index in [-0.39, 0.29) is 11.9 Å². The lowest BCUT2D eigenvalue weighted by Gasteiger charge is -2.15. The van der Waals surface area contributed by atoms with Gasteiger partial charge in [0.2, 0.25) is 5.91 Å². The SMILES string of the molecule is NCC(NC(=O)CCCSc1ccc(Br)cc1)C1CC1. The lowest BCUT2D eigenvalue weighted by Crippen LogP contribution is -2.41. The van der Waals surface area contributed by atoms with E-state index in [2.05, 4.69) is 33.4 Å². The van der Waals surface area contributed by atoms with E-state index in [0.29, 0.717) is 18.9 Å². The van der Waals surface area contributed by atoms with Crippen LogP contribution in [0.2, 0.25) is 0 Å². The molecule has 3 nitrogen and oxygen atoms in total. The number of hydrogen-bond acceptors (Lipinski definition) is 3. The molecule has 5 heteroatoms. The number of benzene rings is 1. The maximum Gasteiger partial charge on any atom is 0.220 e. The predicted octanol–water partition coefficient (Wildman–Crippen LogP) is 3.17. The van der Waals surface area contributed by atoms with Gasteiger partial charge in [0.15, 0.2) is 0 Å². The minimum absolute atomic E-state index is 0.142. The first kappa shape index (κ1) is 15.9. The average Bonchev–Trinajstić information content (AvgIpc) is 3.27.